The van der Waals surface area contributed by atoms with E-state index in [2.05, 4.69) is 15.2 Å². The molecular weight excluding hydrogens is 350 g/mol. The first-order valence-electron chi connectivity index (χ1n) is 8.96. The van der Waals surface area contributed by atoms with Gasteiger partial charge in [0.15, 0.2) is 0 Å². The molecule has 2 heterocycles. The van der Waals surface area contributed by atoms with E-state index >= 15 is 0 Å². The Morgan fingerprint density at radius 1 is 1.23 bits per heavy atom. The lowest BCUT2D eigenvalue weighted by molar-refractivity contribution is -0.121. The maximum atomic E-state index is 12.3. The molecule has 5 nitrogen and oxygen atoms in total. The highest BCUT2D eigenvalue weighted by molar-refractivity contribution is 6.31. The predicted molar refractivity (Wildman–Crippen MR) is 102 cm³/mol. The van der Waals surface area contributed by atoms with E-state index in [0.29, 0.717) is 32.6 Å². The molecule has 1 atom stereocenters. The number of aryl methyl sites for hydroxylation is 1. The number of benzene rings is 1. The third-order valence-corrected chi connectivity index (χ3v) is 4.95. The van der Waals surface area contributed by atoms with Gasteiger partial charge in [0.2, 0.25) is 5.91 Å². The first-order chi connectivity index (χ1) is 12.7. The Kier molecular flexibility index (Phi) is 7.00. The molecule has 2 aromatic rings. The zero-order valence-corrected chi connectivity index (χ0v) is 15.5. The van der Waals surface area contributed by atoms with Crippen molar-refractivity contribution in [3.8, 4) is 0 Å². The van der Waals surface area contributed by atoms with E-state index in [9.17, 15) is 4.79 Å². The molecule has 0 spiro atoms. The van der Waals surface area contributed by atoms with Gasteiger partial charge in [0.05, 0.1) is 19.3 Å². The van der Waals surface area contributed by atoms with Crippen LogP contribution in [0, 0.1) is 0 Å². The molecule has 138 valence electrons. The second-order valence-corrected chi connectivity index (χ2v) is 6.76. The molecule has 1 N–H and O–H groups in total. The number of hydrogen-bond donors (Lipinski definition) is 1. The highest BCUT2D eigenvalue weighted by atomic mass is 35.5. The minimum Gasteiger partial charge on any atom is -0.379 e. The normalized spacial score (nSPS) is 16.2. The van der Waals surface area contributed by atoms with Crippen molar-refractivity contribution in [3.63, 3.8) is 0 Å². The summed E-state index contributed by atoms with van der Waals surface area (Å²) >= 11 is 6.42. The highest BCUT2D eigenvalue weighted by Gasteiger charge is 2.24. The average molecular weight is 374 g/mol. The molecule has 26 heavy (non-hydrogen) atoms. The van der Waals surface area contributed by atoms with Crippen LogP contribution in [0.2, 0.25) is 5.02 Å². The van der Waals surface area contributed by atoms with Crippen LogP contribution in [-0.2, 0) is 16.0 Å². The average Bonchev–Trinajstić information content (AvgIpc) is 2.69. The van der Waals surface area contributed by atoms with E-state index in [1.165, 1.54) is 0 Å². The number of amides is 1. The van der Waals surface area contributed by atoms with Gasteiger partial charge in [0, 0.05) is 43.5 Å². The molecule has 3 rings (SSSR count). The summed E-state index contributed by atoms with van der Waals surface area (Å²) in [4.78, 5) is 18.7. The van der Waals surface area contributed by atoms with E-state index in [4.69, 9.17) is 16.3 Å². The molecular formula is C20H24ClN3O2. The van der Waals surface area contributed by atoms with E-state index < -0.39 is 0 Å². The molecule has 0 radical (unpaired) electrons. The van der Waals surface area contributed by atoms with Crippen molar-refractivity contribution >= 4 is 17.5 Å². The van der Waals surface area contributed by atoms with Crippen LogP contribution >= 0.6 is 11.6 Å². The molecule has 1 fully saturated rings. The van der Waals surface area contributed by atoms with E-state index in [-0.39, 0.29) is 11.9 Å². The Labute approximate surface area is 159 Å². The summed E-state index contributed by atoms with van der Waals surface area (Å²) in [6.07, 6.45) is 4.67. The standard InChI is InChI=1S/C20H24ClN3O2/c21-18-6-2-1-5-17(18)19(24-10-12-26-13-11-24)15-23-20(25)8-7-16-4-3-9-22-14-16/h1-6,9,14,19H,7-8,10-13,15H2,(H,23,25). The number of rotatable bonds is 7. The van der Waals surface area contributed by atoms with Crippen molar-refractivity contribution in [2.45, 2.75) is 18.9 Å². The van der Waals surface area contributed by atoms with Crippen molar-refractivity contribution in [2.75, 3.05) is 32.8 Å². The number of hydrogen-bond acceptors (Lipinski definition) is 4. The fourth-order valence-corrected chi connectivity index (χ4v) is 3.43. The Morgan fingerprint density at radius 2 is 2.04 bits per heavy atom. The van der Waals surface area contributed by atoms with Crippen molar-refractivity contribution in [3.05, 3.63) is 64.9 Å². The van der Waals surface area contributed by atoms with Gasteiger partial charge in [-0.25, -0.2) is 0 Å². The van der Waals surface area contributed by atoms with Crippen LogP contribution in [0.15, 0.2) is 48.8 Å². The minimum absolute atomic E-state index is 0.0409. The number of nitrogens with zero attached hydrogens (tertiary/aromatic N) is 2. The van der Waals surface area contributed by atoms with Gasteiger partial charge in [-0.15, -0.1) is 0 Å². The predicted octanol–water partition coefficient (Wildman–Crippen LogP) is 2.86. The molecule has 6 heteroatoms. The molecule has 1 aromatic carbocycles. The van der Waals surface area contributed by atoms with Crippen molar-refractivity contribution in [1.29, 1.82) is 0 Å². The van der Waals surface area contributed by atoms with Crippen LogP contribution in [0.3, 0.4) is 0 Å². The second kappa shape index (κ2) is 9.67. The SMILES string of the molecule is O=C(CCc1cccnc1)NCC(c1ccccc1Cl)N1CCOCC1. The molecule has 1 aliphatic rings. The number of aromatic nitrogens is 1. The zero-order chi connectivity index (χ0) is 18.2. The summed E-state index contributed by atoms with van der Waals surface area (Å²) in [6.45, 7) is 3.62. The Balaban J connectivity index is 1.60. The fraction of sp³-hybridized carbons (Fsp3) is 0.400. The first kappa shape index (κ1) is 18.8. The van der Waals surface area contributed by atoms with E-state index in [0.717, 1.165) is 29.2 Å². The summed E-state index contributed by atoms with van der Waals surface area (Å²) in [5, 5.41) is 3.81. The number of nitrogens with one attached hydrogen (secondary N) is 1. The molecule has 0 saturated carbocycles. The van der Waals surface area contributed by atoms with Crippen molar-refractivity contribution in [2.24, 2.45) is 0 Å². The van der Waals surface area contributed by atoms with Crippen LogP contribution in [0.4, 0.5) is 0 Å². The summed E-state index contributed by atoms with van der Waals surface area (Å²) in [5.41, 5.74) is 2.11. The summed E-state index contributed by atoms with van der Waals surface area (Å²) < 4.78 is 5.46. The number of ether oxygens (including phenoxy) is 1. The topological polar surface area (TPSA) is 54.5 Å². The Hall–Kier alpha value is -1.95. The highest BCUT2D eigenvalue weighted by Crippen LogP contribution is 2.27. The number of carbonyl (C=O) groups is 1. The van der Waals surface area contributed by atoms with Crippen LogP contribution in [-0.4, -0.2) is 48.6 Å². The molecule has 1 aliphatic heterocycles. The van der Waals surface area contributed by atoms with Crippen LogP contribution < -0.4 is 5.32 Å². The lowest BCUT2D eigenvalue weighted by Gasteiger charge is -2.35. The molecule has 1 amide bonds. The van der Waals surface area contributed by atoms with Gasteiger partial charge >= 0.3 is 0 Å². The third kappa shape index (κ3) is 5.27. The Bertz CT molecular complexity index is 705. The molecule has 1 unspecified atom stereocenters. The van der Waals surface area contributed by atoms with Gasteiger partial charge in [0.25, 0.3) is 0 Å². The van der Waals surface area contributed by atoms with Crippen LogP contribution in [0.25, 0.3) is 0 Å². The van der Waals surface area contributed by atoms with E-state index in [1.54, 1.807) is 12.4 Å². The van der Waals surface area contributed by atoms with Gasteiger partial charge in [-0.1, -0.05) is 35.9 Å². The lowest BCUT2D eigenvalue weighted by atomic mass is 10.0. The smallest absolute Gasteiger partial charge is 0.220 e. The molecule has 0 bridgehead atoms. The molecule has 1 aromatic heterocycles. The summed E-state index contributed by atoms with van der Waals surface area (Å²) in [6, 6.07) is 11.8. The van der Waals surface area contributed by atoms with Gasteiger partial charge in [-0.3, -0.25) is 14.7 Å². The summed E-state index contributed by atoms with van der Waals surface area (Å²) in [7, 11) is 0. The zero-order valence-electron chi connectivity index (χ0n) is 14.7. The molecule has 0 aliphatic carbocycles. The number of halogens is 1. The quantitative estimate of drug-likeness (QED) is 0.810. The van der Waals surface area contributed by atoms with E-state index in [1.807, 2.05) is 36.4 Å². The number of carbonyl (C=O) groups excluding carboxylic acids is 1. The summed E-state index contributed by atoms with van der Waals surface area (Å²) in [5.74, 6) is 0.0409. The maximum absolute atomic E-state index is 12.3. The Morgan fingerprint density at radius 3 is 2.77 bits per heavy atom. The number of pyridine rings is 1. The van der Waals surface area contributed by atoms with Crippen LogP contribution in [0.5, 0.6) is 0 Å². The van der Waals surface area contributed by atoms with Crippen molar-refractivity contribution < 1.29 is 9.53 Å². The van der Waals surface area contributed by atoms with Gasteiger partial charge in [-0.2, -0.15) is 0 Å². The lowest BCUT2D eigenvalue weighted by Crippen LogP contribution is -2.44. The fourth-order valence-electron chi connectivity index (χ4n) is 3.17. The number of morpholine rings is 1. The van der Waals surface area contributed by atoms with Gasteiger partial charge < -0.3 is 10.1 Å². The van der Waals surface area contributed by atoms with Gasteiger partial charge in [0.1, 0.15) is 0 Å². The molecule has 1 saturated heterocycles. The maximum Gasteiger partial charge on any atom is 0.220 e. The first-order valence-corrected chi connectivity index (χ1v) is 9.33. The largest absolute Gasteiger partial charge is 0.379 e. The van der Waals surface area contributed by atoms with Crippen molar-refractivity contribution in [1.82, 2.24) is 15.2 Å². The monoisotopic (exact) mass is 373 g/mol. The second-order valence-electron chi connectivity index (χ2n) is 6.35. The van der Waals surface area contributed by atoms with Gasteiger partial charge in [-0.05, 0) is 29.7 Å². The minimum atomic E-state index is 0.0409. The third-order valence-electron chi connectivity index (χ3n) is 4.61. The van der Waals surface area contributed by atoms with Crippen LogP contribution in [0.1, 0.15) is 23.6 Å².